The fraction of sp³-hybridized carbons (Fsp3) is 0.500. The smallest absolute Gasteiger partial charge is 0.0589 e. The molecule has 1 N–H and O–H groups in total. The Morgan fingerprint density at radius 3 is 2.95 bits per heavy atom. The van der Waals surface area contributed by atoms with Crippen molar-refractivity contribution < 1.29 is 4.74 Å². The van der Waals surface area contributed by atoms with E-state index < -0.39 is 0 Å². The summed E-state index contributed by atoms with van der Waals surface area (Å²) in [7, 11) is 1.75. The topological polar surface area (TPSA) is 24.5 Å². The van der Waals surface area contributed by atoms with E-state index in [4.69, 9.17) is 4.74 Å². The van der Waals surface area contributed by atoms with Gasteiger partial charge in [0.1, 0.15) is 0 Å². The van der Waals surface area contributed by atoms with Gasteiger partial charge in [-0.05, 0) is 17.5 Å². The first-order valence-corrected chi connectivity index (χ1v) is 6.96. The molecule has 2 rings (SSSR count). The molecule has 1 aliphatic rings. The molecular formula is C16H24N2O. The zero-order chi connectivity index (χ0) is 13.5. The third kappa shape index (κ3) is 4.16. The summed E-state index contributed by atoms with van der Waals surface area (Å²) in [5.74, 6) is 0. The Kier molecular flexibility index (Phi) is 5.58. The van der Waals surface area contributed by atoms with Gasteiger partial charge in [0, 0.05) is 39.3 Å². The van der Waals surface area contributed by atoms with E-state index >= 15 is 0 Å². The maximum Gasteiger partial charge on any atom is 0.0589 e. The average molecular weight is 260 g/mol. The van der Waals surface area contributed by atoms with Crippen LogP contribution in [-0.4, -0.2) is 44.3 Å². The Hall–Kier alpha value is -1.16. The molecule has 1 unspecified atom stereocenters. The van der Waals surface area contributed by atoms with Crippen LogP contribution in [0, 0.1) is 0 Å². The quantitative estimate of drug-likeness (QED) is 0.757. The van der Waals surface area contributed by atoms with Crippen LogP contribution in [0.25, 0.3) is 0 Å². The molecule has 0 spiro atoms. The Labute approximate surface area is 116 Å². The van der Waals surface area contributed by atoms with Crippen LogP contribution >= 0.6 is 0 Å². The Bertz CT molecular complexity index is 405. The van der Waals surface area contributed by atoms with Crippen molar-refractivity contribution in [1.29, 1.82) is 0 Å². The molecule has 0 aromatic heterocycles. The van der Waals surface area contributed by atoms with Crippen molar-refractivity contribution >= 4 is 0 Å². The van der Waals surface area contributed by atoms with Gasteiger partial charge in [-0.3, -0.25) is 4.90 Å². The Balaban J connectivity index is 1.90. The van der Waals surface area contributed by atoms with Crippen molar-refractivity contribution in [2.24, 2.45) is 0 Å². The largest absolute Gasteiger partial charge is 0.383 e. The lowest BCUT2D eigenvalue weighted by atomic mass is 9.95. The van der Waals surface area contributed by atoms with E-state index in [1.54, 1.807) is 7.11 Å². The minimum Gasteiger partial charge on any atom is -0.383 e. The van der Waals surface area contributed by atoms with Crippen LogP contribution in [-0.2, 0) is 17.7 Å². The lowest BCUT2D eigenvalue weighted by molar-refractivity contribution is 0.146. The minimum absolute atomic E-state index is 0.520. The highest BCUT2D eigenvalue weighted by Crippen LogP contribution is 2.16. The van der Waals surface area contributed by atoms with E-state index in [0.29, 0.717) is 6.04 Å². The van der Waals surface area contributed by atoms with Crippen LogP contribution < -0.4 is 5.32 Å². The van der Waals surface area contributed by atoms with E-state index in [9.17, 15) is 0 Å². The Morgan fingerprint density at radius 2 is 2.21 bits per heavy atom. The molecule has 0 radical (unpaired) electrons. The second kappa shape index (κ2) is 7.43. The number of hydrogen-bond donors (Lipinski definition) is 1. The van der Waals surface area contributed by atoms with E-state index in [-0.39, 0.29) is 0 Å². The third-order valence-electron chi connectivity index (χ3n) is 3.64. The number of rotatable bonds is 7. The summed E-state index contributed by atoms with van der Waals surface area (Å²) >= 11 is 0. The van der Waals surface area contributed by atoms with Crippen molar-refractivity contribution in [3.63, 3.8) is 0 Å². The zero-order valence-electron chi connectivity index (χ0n) is 11.8. The summed E-state index contributed by atoms with van der Waals surface area (Å²) in [6.45, 7) is 8.51. The van der Waals surface area contributed by atoms with Gasteiger partial charge >= 0.3 is 0 Å². The van der Waals surface area contributed by atoms with E-state index in [1.807, 2.05) is 6.08 Å². The summed E-state index contributed by atoms with van der Waals surface area (Å²) in [6, 6.07) is 9.23. The summed E-state index contributed by atoms with van der Waals surface area (Å²) in [4.78, 5) is 2.39. The predicted molar refractivity (Wildman–Crippen MR) is 79.3 cm³/mol. The van der Waals surface area contributed by atoms with E-state index in [0.717, 1.165) is 39.2 Å². The molecule has 1 aromatic rings. The molecule has 1 aliphatic heterocycles. The fourth-order valence-electron chi connectivity index (χ4n) is 2.62. The van der Waals surface area contributed by atoms with Crippen molar-refractivity contribution in [2.75, 3.05) is 33.4 Å². The van der Waals surface area contributed by atoms with Gasteiger partial charge in [-0.1, -0.05) is 30.3 Å². The van der Waals surface area contributed by atoms with Gasteiger partial charge in [0.15, 0.2) is 0 Å². The molecule has 3 heteroatoms. The first-order chi connectivity index (χ1) is 9.33. The van der Waals surface area contributed by atoms with Gasteiger partial charge in [-0.15, -0.1) is 6.58 Å². The highest BCUT2D eigenvalue weighted by Gasteiger charge is 2.19. The summed E-state index contributed by atoms with van der Waals surface area (Å²) < 4.78 is 5.17. The molecular weight excluding hydrogens is 236 g/mol. The normalized spacial score (nSPS) is 18.3. The molecule has 0 bridgehead atoms. The van der Waals surface area contributed by atoms with Crippen molar-refractivity contribution in [1.82, 2.24) is 10.2 Å². The molecule has 1 atom stereocenters. The number of ether oxygens (including phenoxy) is 1. The SMILES string of the molecule is C=CCN(CCOC)CC1Cc2ccccc2CN1. The molecule has 104 valence electrons. The molecule has 0 aliphatic carbocycles. The van der Waals surface area contributed by atoms with E-state index in [2.05, 4.69) is 41.1 Å². The van der Waals surface area contributed by atoms with Crippen LogP contribution in [0.4, 0.5) is 0 Å². The van der Waals surface area contributed by atoms with Gasteiger partial charge in [0.2, 0.25) is 0 Å². The molecule has 0 fully saturated rings. The number of nitrogens with one attached hydrogen (secondary N) is 1. The molecule has 0 saturated carbocycles. The number of nitrogens with zero attached hydrogens (tertiary/aromatic N) is 1. The second-order valence-electron chi connectivity index (χ2n) is 5.09. The molecule has 0 amide bonds. The monoisotopic (exact) mass is 260 g/mol. The number of fused-ring (bicyclic) bond motifs is 1. The molecule has 1 aromatic carbocycles. The predicted octanol–water partition coefficient (Wildman–Crippen LogP) is 1.84. The second-order valence-corrected chi connectivity index (χ2v) is 5.09. The van der Waals surface area contributed by atoms with Crippen LogP contribution in [0.2, 0.25) is 0 Å². The minimum atomic E-state index is 0.520. The van der Waals surface area contributed by atoms with Crippen molar-refractivity contribution in [3.05, 3.63) is 48.0 Å². The van der Waals surface area contributed by atoms with Crippen LogP contribution in [0.5, 0.6) is 0 Å². The van der Waals surface area contributed by atoms with Gasteiger partial charge < -0.3 is 10.1 Å². The number of methoxy groups -OCH3 is 1. The first-order valence-electron chi connectivity index (χ1n) is 6.96. The van der Waals surface area contributed by atoms with Gasteiger partial charge in [0.05, 0.1) is 6.61 Å². The van der Waals surface area contributed by atoms with Gasteiger partial charge in [0.25, 0.3) is 0 Å². The lowest BCUT2D eigenvalue weighted by Crippen LogP contribution is -2.45. The maximum atomic E-state index is 5.17. The zero-order valence-corrected chi connectivity index (χ0v) is 11.8. The summed E-state index contributed by atoms with van der Waals surface area (Å²) in [6.07, 6.45) is 3.07. The van der Waals surface area contributed by atoms with Crippen LogP contribution in [0.1, 0.15) is 11.1 Å². The number of benzene rings is 1. The Morgan fingerprint density at radius 1 is 1.42 bits per heavy atom. The van der Waals surface area contributed by atoms with Crippen molar-refractivity contribution in [2.45, 2.75) is 19.0 Å². The average Bonchev–Trinajstić information content (AvgIpc) is 2.45. The van der Waals surface area contributed by atoms with Crippen molar-refractivity contribution in [3.8, 4) is 0 Å². The first kappa shape index (κ1) is 14.3. The molecule has 0 saturated heterocycles. The van der Waals surface area contributed by atoms with Gasteiger partial charge in [-0.25, -0.2) is 0 Å². The molecule has 1 heterocycles. The standard InChI is InChI=1S/C16H24N2O/c1-3-8-18(9-10-19-2)13-16-11-14-6-4-5-7-15(14)12-17-16/h3-7,16-17H,1,8-13H2,2H3. The third-order valence-corrected chi connectivity index (χ3v) is 3.64. The number of hydrogen-bond acceptors (Lipinski definition) is 3. The van der Waals surface area contributed by atoms with Crippen LogP contribution in [0.15, 0.2) is 36.9 Å². The molecule has 19 heavy (non-hydrogen) atoms. The summed E-state index contributed by atoms with van der Waals surface area (Å²) in [5.41, 5.74) is 2.92. The lowest BCUT2D eigenvalue weighted by Gasteiger charge is -2.31. The highest BCUT2D eigenvalue weighted by atomic mass is 16.5. The van der Waals surface area contributed by atoms with E-state index in [1.165, 1.54) is 11.1 Å². The molecule has 3 nitrogen and oxygen atoms in total. The van der Waals surface area contributed by atoms with Gasteiger partial charge in [-0.2, -0.15) is 0 Å². The highest BCUT2D eigenvalue weighted by molar-refractivity contribution is 5.29. The summed E-state index contributed by atoms with van der Waals surface area (Å²) in [5, 5.41) is 3.62. The fourth-order valence-corrected chi connectivity index (χ4v) is 2.62. The maximum absolute atomic E-state index is 5.17. The van der Waals surface area contributed by atoms with Crippen LogP contribution in [0.3, 0.4) is 0 Å².